The van der Waals surface area contributed by atoms with Crippen LogP contribution in [-0.4, -0.2) is 31.6 Å². The molecule has 0 bridgehead atoms. The van der Waals surface area contributed by atoms with E-state index < -0.39 is 0 Å². The van der Waals surface area contributed by atoms with E-state index in [0.29, 0.717) is 6.54 Å². The fourth-order valence-corrected chi connectivity index (χ4v) is 0.704. The summed E-state index contributed by atoms with van der Waals surface area (Å²) >= 11 is 0. The van der Waals surface area contributed by atoms with Gasteiger partial charge in [-0.1, -0.05) is 12.8 Å². The Labute approximate surface area is 69.8 Å². The molecule has 0 saturated carbocycles. The zero-order valence-corrected chi connectivity index (χ0v) is 7.56. The second-order valence-electron chi connectivity index (χ2n) is 2.63. The SMILES string of the molecule is CCCC#CCN(C)CCN. The summed E-state index contributed by atoms with van der Waals surface area (Å²) in [5.41, 5.74) is 5.37. The molecule has 0 aromatic carbocycles. The van der Waals surface area contributed by atoms with E-state index >= 15 is 0 Å². The summed E-state index contributed by atoms with van der Waals surface area (Å²) < 4.78 is 0. The number of likely N-dealkylation sites (N-methyl/N-ethyl adjacent to an activating group) is 1. The van der Waals surface area contributed by atoms with E-state index in [-0.39, 0.29) is 0 Å². The monoisotopic (exact) mass is 154 g/mol. The third-order valence-corrected chi connectivity index (χ3v) is 1.36. The summed E-state index contributed by atoms with van der Waals surface area (Å²) in [5, 5.41) is 0. The van der Waals surface area contributed by atoms with Crippen LogP contribution in [0.25, 0.3) is 0 Å². The molecule has 0 aliphatic rings. The van der Waals surface area contributed by atoms with E-state index in [1.54, 1.807) is 0 Å². The van der Waals surface area contributed by atoms with Crippen LogP contribution in [-0.2, 0) is 0 Å². The van der Waals surface area contributed by atoms with Crippen LogP contribution in [0.4, 0.5) is 0 Å². The highest BCUT2D eigenvalue weighted by Gasteiger charge is 1.89. The van der Waals surface area contributed by atoms with E-state index in [9.17, 15) is 0 Å². The first-order valence-electron chi connectivity index (χ1n) is 4.15. The second kappa shape index (κ2) is 7.59. The highest BCUT2D eigenvalue weighted by Crippen LogP contribution is 1.82. The summed E-state index contributed by atoms with van der Waals surface area (Å²) in [6.07, 6.45) is 2.16. The van der Waals surface area contributed by atoms with E-state index in [1.165, 1.54) is 0 Å². The number of hydrogen-bond acceptors (Lipinski definition) is 2. The zero-order valence-electron chi connectivity index (χ0n) is 7.56. The lowest BCUT2D eigenvalue weighted by molar-refractivity contribution is 0.386. The van der Waals surface area contributed by atoms with Gasteiger partial charge in [0, 0.05) is 19.5 Å². The first-order chi connectivity index (χ1) is 5.31. The van der Waals surface area contributed by atoms with Gasteiger partial charge in [0.05, 0.1) is 6.54 Å². The van der Waals surface area contributed by atoms with Gasteiger partial charge in [0.25, 0.3) is 0 Å². The number of nitrogens with zero attached hydrogens (tertiary/aromatic N) is 1. The van der Waals surface area contributed by atoms with Crippen molar-refractivity contribution in [3.63, 3.8) is 0 Å². The van der Waals surface area contributed by atoms with Crippen molar-refractivity contribution in [3.8, 4) is 11.8 Å². The Morgan fingerprint density at radius 1 is 1.36 bits per heavy atom. The average Bonchev–Trinajstić information content (AvgIpc) is 1.99. The Hall–Kier alpha value is -0.520. The van der Waals surface area contributed by atoms with Crippen molar-refractivity contribution in [1.29, 1.82) is 0 Å². The second-order valence-corrected chi connectivity index (χ2v) is 2.63. The minimum Gasteiger partial charge on any atom is -0.329 e. The van der Waals surface area contributed by atoms with Crippen molar-refractivity contribution in [1.82, 2.24) is 4.90 Å². The van der Waals surface area contributed by atoms with Gasteiger partial charge in [-0.25, -0.2) is 0 Å². The summed E-state index contributed by atoms with van der Waals surface area (Å²) in [7, 11) is 2.04. The van der Waals surface area contributed by atoms with Gasteiger partial charge in [0.2, 0.25) is 0 Å². The van der Waals surface area contributed by atoms with Gasteiger partial charge in [-0.3, -0.25) is 4.90 Å². The van der Waals surface area contributed by atoms with Crippen molar-refractivity contribution in [2.45, 2.75) is 19.8 Å². The van der Waals surface area contributed by atoms with E-state index in [0.717, 1.165) is 25.9 Å². The molecule has 0 fully saturated rings. The van der Waals surface area contributed by atoms with Crippen LogP contribution in [0.3, 0.4) is 0 Å². The van der Waals surface area contributed by atoms with Crippen LogP contribution in [0.15, 0.2) is 0 Å². The highest BCUT2D eigenvalue weighted by atomic mass is 15.1. The Morgan fingerprint density at radius 2 is 2.09 bits per heavy atom. The van der Waals surface area contributed by atoms with E-state index in [1.807, 2.05) is 7.05 Å². The summed E-state index contributed by atoms with van der Waals surface area (Å²) in [6, 6.07) is 0. The molecule has 0 radical (unpaired) electrons. The molecule has 2 N–H and O–H groups in total. The molecular weight excluding hydrogens is 136 g/mol. The van der Waals surface area contributed by atoms with Crippen molar-refractivity contribution in [2.75, 3.05) is 26.7 Å². The van der Waals surface area contributed by atoms with Crippen molar-refractivity contribution in [2.24, 2.45) is 5.73 Å². The van der Waals surface area contributed by atoms with Crippen LogP contribution >= 0.6 is 0 Å². The molecule has 11 heavy (non-hydrogen) atoms. The molecule has 0 heterocycles. The smallest absolute Gasteiger partial charge is 0.0599 e. The number of nitrogens with two attached hydrogens (primary N) is 1. The minimum atomic E-state index is 0.714. The quantitative estimate of drug-likeness (QED) is 0.603. The van der Waals surface area contributed by atoms with Gasteiger partial charge in [0.15, 0.2) is 0 Å². The molecule has 0 saturated heterocycles. The van der Waals surface area contributed by atoms with Gasteiger partial charge in [-0.15, -0.1) is 5.92 Å². The lowest BCUT2D eigenvalue weighted by Crippen LogP contribution is -2.25. The van der Waals surface area contributed by atoms with Crippen LogP contribution in [0.1, 0.15) is 19.8 Å². The Kier molecular flexibility index (Phi) is 7.23. The van der Waals surface area contributed by atoms with E-state index in [2.05, 4.69) is 23.7 Å². The van der Waals surface area contributed by atoms with Crippen LogP contribution in [0.5, 0.6) is 0 Å². The zero-order chi connectivity index (χ0) is 8.53. The van der Waals surface area contributed by atoms with Crippen molar-refractivity contribution in [3.05, 3.63) is 0 Å². The molecule has 0 aliphatic carbocycles. The largest absolute Gasteiger partial charge is 0.329 e. The fraction of sp³-hybridized carbons (Fsp3) is 0.778. The summed E-state index contributed by atoms with van der Waals surface area (Å²) in [6.45, 7) is 4.63. The third kappa shape index (κ3) is 7.38. The molecule has 0 atom stereocenters. The third-order valence-electron chi connectivity index (χ3n) is 1.36. The predicted octanol–water partition coefficient (Wildman–Crippen LogP) is 0.680. The molecule has 0 spiro atoms. The topological polar surface area (TPSA) is 29.3 Å². The standard InChI is InChI=1S/C9H18N2/c1-3-4-5-6-8-11(2)9-7-10/h3-4,7-10H2,1-2H3. The molecule has 0 rings (SSSR count). The lowest BCUT2D eigenvalue weighted by atomic mass is 10.3. The fourth-order valence-electron chi connectivity index (χ4n) is 0.704. The van der Waals surface area contributed by atoms with Crippen molar-refractivity contribution >= 4 is 0 Å². The molecule has 64 valence electrons. The minimum absolute atomic E-state index is 0.714. The van der Waals surface area contributed by atoms with Crippen LogP contribution in [0.2, 0.25) is 0 Å². The van der Waals surface area contributed by atoms with Crippen LogP contribution < -0.4 is 5.73 Å². The van der Waals surface area contributed by atoms with Gasteiger partial charge in [-0.05, 0) is 13.5 Å². The molecule has 2 heteroatoms. The first kappa shape index (κ1) is 10.5. The Morgan fingerprint density at radius 3 is 2.64 bits per heavy atom. The Balaban J connectivity index is 3.30. The lowest BCUT2D eigenvalue weighted by Gasteiger charge is -2.09. The molecule has 0 aromatic heterocycles. The van der Waals surface area contributed by atoms with E-state index in [4.69, 9.17) is 5.73 Å². The maximum Gasteiger partial charge on any atom is 0.0599 e. The van der Waals surface area contributed by atoms with Gasteiger partial charge < -0.3 is 5.73 Å². The molecule has 0 amide bonds. The first-order valence-corrected chi connectivity index (χ1v) is 4.15. The molecule has 0 aromatic rings. The maximum absolute atomic E-state index is 5.37. The highest BCUT2D eigenvalue weighted by molar-refractivity contribution is 5.00. The molecule has 2 nitrogen and oxygen atoms in total. The number of rotatable bonds is 4. The summed E-state index contributed by atoms with van der Waals surface area (Å²) in [4.78, 5) is 2.13. The van der Waals surface area contributed by atoms with Crippen molar-refractivity contribution < 1.29 is 0 Å². The number of unbranched alkanes of at least 4 members (excludes halogenated alkanes) is 1. The predicted molar refractivity (Wildman–Crippen MR) is 49.2 cm³/mol. The molecule has 0 unspecified atom stereocenters. The average molecular weight is 154 g/mol. The van der Waals surface area contributed by atoms with Crippen LogP contribution in [0, 0.1) is 11.8 Å². The number of hydrogen-bond donors (Lipinski definition) is 1. The molecule has 0 aliphatic heterocycles. The van der Waals surface area contributed by atoms with Gasteiger partial charge in [0.1, 0.15) is 0 Å². The summed E-state index contributed by atoms with van der Waals surface area (Å²) in [5.74, 6) is 6.18. The molecular formula is C9H18N2. The van der Waals surface area contributed by atoms with Gasteiger partial charge >= 0.3 is 0 Å². The maximum atomic E-state index is 5.37. The van der Waals surface area contributed by atoms with Gasteiger partial charge in [-0.2, -0.15) is 0 Å². The Bertz CT molecular complexity index is 132. The normalized spacial score (nSPS) is 9.45.